The molecule has 100 valence electrons. The molecule has 2 aliphatic rings. The fraction of sp³-hybridized carbons (Fsp3) is 0.667. The first-order chi connectivity index (χ1) is 8.69. The molecule has 1 aromatic rings. The molecule has 1 aliphatic heterocycles. The number of hydrogen-bond acceptors (Lipinski definition) is 4. The van der Waals surface area contributed by atoms with Gasteiger partial charge < -0.3 is 4.74 Å². The lowest BCUT2D eigenvalue weighted by Gasteiger charge is -2.42. The molecule has 3 rings (SSSR count). The van der Waals surface area contributed by atoms with Gasteiger partial charge in [0.25, 0.3) is 10.0 Å². The number of thiophene rings is 1. The van der Waals surface area contributed by atoms with E-state index in [2.05, 4.69) is 0 Å². The SMILES string of the molecule is O=S(=O)(c1cccs1)N1CCO[C@@H]2CCCC[C@H]21. The number of ether oxygens (including phenoxy) is 1. The molecule has 18 heavy (non-hydrogen) atoms. The molecule has 0 aromatic carbocycles. The molecule has 1 saturated heterocycles. The van der Waals surface area contributed by atoms with Gasteiger partial charge >= 0.3 is 0 Å². The molecule has 0 radical (unpaired) electrons. The van der Waals surface area contributed by atoms with E-state index in [-0.39, 0.29) is 12.1 Å². The quantitative estimate of drug-likeness (QED) is 0.836. The summed E-state index contributed by atoms with van der Waals surface area (Å²) in [5, 5.41) is 1.81. The lowest BCUT2D eigenvalue weighted by atomic mass is 9.91. The Kier molecular flexibility index (Phi) is 3.44. The first-order valence-electron chi connectivity index (χ1n) is 6.36. The fourth-order valence-corrected chi connectivity index (χ4v) is 5.67. The predicted octanol–water partition coefficient (Wildman–Crippen LogP) is 2.08. The summed E-state index contributed by atoms with van der Waals surface area (Å²) in [6, 6.07) is 3.52. The third-order valence-corrected chi connectivity index (χ3v) is 7.04. The van der Waals surface area contributed by atoms with Gasteiger partial charge in [0.2, 0.25) is 0 Å². The first kappa shape index (κ1) is 12.6. The van der Waals surface area contributed by atoms with Gasteiger partial charge in [0, 0.05) is 6.54 Å². The highest BCUT2D eigenvalue weighted by Gasteiger charge is 2.41. The molecule has 1 saturated carbocycles. The van der Waals surface area contributed by atoms with Gasteiger partial charge in [-0.1, -0.05) is 18.9 Å². The average molecular weight is 287 g/mol. The normalized spacial score (nSPS) is 30.0. The Morgan fingerprint density at radius 2 is 2.17 bits per heavy atom. The molecular formula is C12H17NO3S2. The summed E-state index contributed by atoms with van der Waals surface area (Å²) in [7, 11) is -3.32. The van der Waals surface area contributed by atoms with Crippen LogP contribution >= 0.6 is 11.3 Å². The topological polar surface area (TPSA) is 46.6 Å². The number of fused-ring (bicyclic) bond motifs is 1. The molecule has 1 aromatic heterocycles. The molecule has 0 spiro atoms. The second kappa shape index (κ2) is 4.92. The molecule has 6 heteroatoms. The highest BCUT2D eigenvalue weighted by Crippen LogP contribution is 2.33. The average Bonchev–Trinajstić information content (AvgIpc) is 2.92. The Labute approximate surface area is 112 Å². The van der Waals surface area contributed by atoms with Crippen LogP contribution in [0.1, 0.15) is 25.7 Å². The predicted molar refractivity (Wildman–Crippen MR) is 70.2 cm³/mol. The minimum atomic E-state index is -3.32. The van der Waals surface area contributed by atoms with Crippen molar-refractivity contribution in [1.29, 1.82) is 0 Å². The minimum Gasteiger partial charge on any atom is -0.375 e. The maximum atomic E-state index is 12.6. The summed E-state index contributed by atoms with van der Waals surface area (Å²) in [4.78, 5) is 0. The van der Waals surface area contributed by atoms with E-state index in [9.17, 15) is 8.42 Å². The van der Waals surface area contributed by atoms with Crippen LogP contribution < -0.4 is 0 Å². The van der Waals surface area contributed by atoms with Crippen LogP contribution in [0.15, 0.2) is 21.7 Å². The Morgan fingerprint density at radius 1 is 1.33 bits per heavy atom. The van der Waals surface area contributed by atoms with Crippen LogP contribution in [0, 0.1) is 0 Å². The lowest BCUT2D eigenvalue weighted by Crippen LogP contribution is -2.54. The Balaban J connectivity index is 1.90. The summed E-state index contributed by atoms with van der Waals surface area (Å²) in [5.41, 5.74) is 0. The van der Waals surface area contributed by atoms with E-state index in [0.717, 1.165) is 25.7 Å². The standard InChI is InChI=1S/C12H17NO3S2/c14-18(15,12-6-3-9-17-12)13-7-8-16-11-5-2-1-4-10(11)13/h3,6,9-11H,1-2,4-5,7-8H2/t10-,11-/m1/s1. The van der Waals surface area contributed by atoms with Crippen LogP contribution in [-0.2, 0) is 14.8 Å². The summed E-state index contributed by atoms with van der Waals surface area (Å²) in [6.45, 7) is 1.01. The minimum absolute atomic E-state index is 0.0413. The second-order valence-electron chi connectivity index (χ2n) is 4.81. The zero-order valence-corrected chi connectivity index (χ0v) is 11.8. The van der Waals surface area contributed by atoms with E-state index < -0.39 is 10.0 Å². The van der Waals surface area contributed by atoms with Crippen molar-refractivity contribution >= 4 is 21.4 Å². The molecule has 0 amide bonds. The number of morpholine rings is 1. The van der Waals surface area contributed by atoms with Crippen LogP contribution in [0.5, 0.6) is 0 Å². The van der Waals surface area contributed by atoms with E-state index in [0.29, 0.717) is 17.4 Å². The number of sulfonamides is 1. The van der Waals surface area contributed by atoms with Crippen molar-refractivity contribution in [2.45, 2.75) is 42.0 Å². The molecule has 4 nitrogen and oxygen atoms in total. The summed E-state index contributed by atoms with van der Waals surface area (Å²) in [5.74, 6) is 0. The van der Waals surface area contributed by atoms with Gasteiger partial charge in [-0.2, -0.15) is 4.31 Å². The van der Waals surface area contributed by atoms with Crippen LogP contribution in [-0.4, -0.2) is 38.0 Å². The third-order valence-electron chi connectivity index (χ3n) is 3.74. The third kappa shape index (κ3) is 2.11. The van der Waals surface area contributed by atoms with E-state index in [1.807, 2.05) is 5.38 Å². The number of rotatable bonds is 2. The number of nitrogens with zero attached hydrogens (tertiary/aromatic N) is 1. The van der Waals surface area contributed by atoms with Gasteiger partial charge in [-0.05, 0) is 24.3 Å². The fourth-order valence-electron chi connectivity index (χ4n) is 2.89. The Hall–Kier alpha value is -0.430. The van der Waals surface area contributed by atoms with Crippen molar-refractivity contribution in [2.75, 3.05) is 13.2 Å². The second-order valence-corrected chi connectivity index (χ2v) is 7.87. The summed E-state index contributed by atoms with van der Waals surface area (Å²) >= 11 is 1.29. The molecule has 0 bridgehead atoms. The van der Waals surface area contributed by atoms with Gasteiger partial charge in [-0.25, -0.2) is 8.42 Å². The molecule has 1 aliphatic carbocycles. The van der Waals surface area contributed by atoms with Gasteiger partial charge in [-0.3, -0.25) is 0 Å². The van der Waals surface area contributed by atoms with Crippen LogP contribution in [0.2, 0.25) is 0 Å². The largest absolute Gasteiger partial charge is 0.375 e. The van der Waals surface area contributed by atoms with Crippen molar-refractivity contribution in [3.05, 3.63) is 17.5 Å². The molecular weight excluding hydrogens is 270 g/mol. The first-order valence-corrected chi connectivity index (χ1v) is 8.68. The molecule has 0 N–H and O–H groups in total. The Bertz CT molecular complexity index is 495. The maximum absolute atomic E-state index is 12.6. The highest BCUT2D eigenvalue weighted by molar-refractivity contribution is 7.91. The van der Waals surface area contributed by atoms with Crippen molar-refractivity contribution in [1.82, 2.24) is 4.31 Å². The van der Waals surface area contributed by atoms with Crippen molar-refractivity contribution in [2.24, 2.45) is 0 Å². The molecule has 2 heterocycles. The molecule has 0 unspecified atom stereocenters. The van der Waals surface area contributed by atoms with Gasteiger partial charge in [0.15, 0.2) is 0 Å². The van der Waals surface area contributed by atoms with E-state index in [1.54, 1.807) is 16.4 Å². The van der Waals surface area contributed by atoms with Crippen LogP contribution in [0.4, 0.5) is 0 Å². The van der Waals surface area contributed by atoms with Crippen molar-refractivity contribution in [3.8, 4) is 0 Å². The summed E-state index contributed by atoms with van der Waals surface area (Å²) < 4.78 is 33.0. The van der Waals surface area contributed by atoms with Crippen molar-refractivity contribution in [3.63, 3.8) is 0 Å². The van der Waals surface area contributed by atoms with Crippen molar-refractivity contribution < 1.29 is 13.2 Å². The zero-order valence-electron chi connectivity index (χ0n) is 10.1. The molecule has 2 fully saturated rings. The monoisotopic (exact) mass is 287 g/mol. The summed E-state index contributed by atoms with van der Waals surface area (Å²) in [6.07, 6.45) is 4.26. The van der Waals surface area contributed by atoms with E-state index in [4.69, 9.17) is 4.74 Å². The molecule has 2 atom stereocenters. The zero-order chi connectivity index (χ0) is 12.6. The van der Waals surface area contributed by atoms with Crippen LogP contribution in [0.3, 0.4) is 0 Å². The van der Waals surface area contributed by atoms with E-state index in [1.165, 1.54) is 11.3 Å². The van der Waals surface area contributed by atoms with Gasteiger partial charge in [-0.15, -0.1) is 11.3 Å². The van der Waals surface area contributed by atoms with E-state index >= 15 is 0 Å². The van der Waals surface area contributed by atoms with Gasteiger partial charge in [0.1, 0.15) is 4.21 Å². The smallest absolute Gasteiger partial charge is 0.252 e. The lowest BCUT2D eigenvalue weighted by molar-refractivity contribution is -0.0585. The highest BCUT2D eigenvalue weighted by atomic mass is 32.2. The number of hydrogen-bond donors (Lipinski definition) is 0. The maximum Gasteiger partial charge on any atom is 0.252 e. The van der Waals surface area contributed by atoms with Gasteiger partial charge in [0.05, 0.1) is 18.8 Å². The Morgan fingerprint density at radius 3 is 2.94 bits per heavy atom. The van der Waals surface area contributed by atoms with Crippen LogP contribution in [0.25, 0.3) is 0 Å².